The zero-order valence-electron chi connectivity index (χ0n) is 16.1. The first-order chi connectivity index (χ1) is 12.9. The van der Waals surface area contributed by atoms with Crippen LogP contribution < -0.4 is 0 Å². The fraction of sp³-hybridized carbons (Fsp3) is 0.600. The molecule has 7 nitrogen and oxygen atoms in total. The van der Waals surface area contributed by atoms with Gasteiger partial charge in [-0.25, -0.2) is 4.98 Å². The summed E-state index contributed by atoms with van der Waals surface area (Å²) in [6.07, 6.45) is 4.89. The maximum atomic E-state index is 12.9. The highest BCUT2D eigenvalue weighted by molar-refractivity contribution is 5.94. The van der Waals surface area contributed by atoms with Gasteiger partial charge in [0.1, 0.15) is 11.8 Å². The van der Waals surface area contributed by atoms with E-state index in [0.717, 1.165) is 45.4 Å². The van der Waals surface area contributed by atoms with Crippen molar-refractivity contribution in [1.29, 1.82) is 5.26 Å². The third-order valence-electron chi connectivity index (χ3n) is 5.64. The van der Waals surface area contributed by atoms with Crippen LogP contribution in [0.1, 0.15) is 41.7 Å². The summed E-state index contributed by atoms with van der Waals surface area (Å²) in [5.41, 5.74) is 0.820. The summed E-state index contributed by atoms with van der Waals surface area (Å²) >= 11 is 0. The Balaban J connectivity index is 1.69. The van der Waals surface area contributed by atoms with Gasteiger partial charge >= 0.3 is 0 Å². The van der Waals surface area contributed by atoms with Gasteiger partial charge in [0.25, 0.3) is 5.91 Å². The summed E-state index contributed by atoms with van der Waals surface area (Å²) in [5.74, 6) is 0.185. The predicted molar refractivity (Wildman–Crippen MR) is 101 cm³/mol. The van der Waals surface area contributed by atoms with Crippen LogP contribution in [0.15, 0.2) is 18.3 Å². The Morgan fingerprint density at radius 3 is 2.81 bits per heavy atom. The Kier molecular flexibility index (Phi) is 5.76. The highest BCUT2D eigenvalue weighted by Gasteiger charge is 2.42. The number of hydrogen-bond donors (Lipinski definition) is 0. The fourth-order valence-electron chi connectivity index (χ4n) is 4.11. The number of likely N-dealkylation sites (N-methyl/N-ethyl adjacent to an activating group) is 1. The molecule has 27 heavy (non-hydrogen) atoms. The molecule has 2 saturated heterocycles. The van der Waals surface area contributed by atoms with Crippen molar-refractivity contribution >= 4 is 11.8 Å². The zero-order valence-corrected chi connectivity index (χ0v) is 16.1. The molecular weight excluding hydrogens is 342 g/mol. The smallest absolute Gasteiger partial charge is 0.255 e. The molecule has 2 amide bonds. The van der Waals surface area contributed by atoms with Gasteiger partial charge in [-0.3, -0.25) is 9.59 Å². The van der Waals surface area contributed by atoms with Gasteiger partial charge in [0, 0.05) is 50.8 Å². The maximum Gasteiger partial charge on any atom is 0.255 e. The Morgan fingerprint density at radius 2 is 2.15 bits per heavy atom. The molecule has 0 bridgehead atoms. The molecule has 3 rings (SSSR count). The highest BCUT2D eigenvalue weighted by Crippen LogP contribution is 2.39. The molecule has 1 aromatic rings. The standard InChI is InChI=1S/C20H27N5O2/c1-23(2)10-11-24-14-20(8-6-18(24)26)7-3-9-25(15-20)19(27)16-4-5-17(12-21)22-13-16/h4-5,13H,3,6-11,14-15H2,1-2H3. The molecule has 2 aliphatic rings. The van der Waals surface area contributed by atoms with Gasteiger partial charge in [-0.1, -0.05) is 0 Å². The number of likely N-dealkylation sites (tertiary alicyclic amines) is 2. The minimum Gasteiger partial charge on any atom is -0.341 e. The van der Waals surface area contributed by atoms with Crippen molar-refractivity contribution in [3.63, 3.8) is 0 Å². The van der Waals surface area contributed by atoms with Crippen molar-refractivity contribution in [3.05, 3.63) is 29.6 Å². The van der Waals surface area contributed by atoms with E-state index in [1.165, 1.54) is 6.20 Å². The number of pyridine rings is 1. The Hall–Kier alpha value is -2.46. The number of carbonyl (C=O) groups is 2. The lowest BCUT2D eigenvalue weighted by Crippen LogP contribution is -2.55. The second kappa shape index (κ2) is 8.05. The molecule has 1 spiro atoms. The summed E-state index contributed by atoms with van der Waals surface area (Å²) in [4.78, 5) is 35.2. The number of piperidine rings is 2. The average Bonchev–Trinajstić information content (AvgIpc) is 2.68. The molecule has 1 atom stereocenters. The van der Waals surface area contributed by atoms with Gasteiger partial charge in [-0.05, 0) is 45.5 Å². The predicted octanol–water partition coefficient (Wildman–Crippen LogP) is 1.36. The molecule has 0 radical (unpaired) electrons. The maximum absolute atomic E-state index is 12.9. The first-order valence-electron chi connectivity index (χ1n) is 9.50. The quantitative estimate of drug-likeness (QED) is 0.800. The summed E-state index contributed by atoms with van der Waals surface area (Å²) in [7, 11) is 4.02. The third-order valence-corrected chi connectivity index (χ3v) is 5.64. The summed E-state index contributed by atoms with van der Waals surface area (Å²) < 4.78 is 0. The fourth-order valence-corrected chi connectivity index (χ4v) is 4.11. The van der Waals surface area contributed by atoms with Crippen LogP contribution in [0.5, 0.6) is 0 Å². The van der Waals surface area contributed by atoms with Gasteiger partial charge in [0.15, 0.2) is 0 Å². The number of carbonyl (C=O) groups excluding carboxylic acids is 2. The van der Waals surface area contributed by atoms with E-state index in [9.17, 15) is 9.59 Å². The first-order valence-corrected chi connectivity index (χ1v) is 9.50. The molecular formula is C20H27N5O2. The molecule has 0 saturated carbocycles. The van der Waals surface area contributed by atoms with Crippen LogP contribution in [-0.4, -0.2) is 78.3 Å². The Labute approximate surface area is 160 Å². The van der Waals surface area contributed by atoms with E-state index >= 15 is 0 Å². The van der Waals surface area contributed by atoms with E-state index in [-0.39, 0.29) is 17.2 Å². The molecule has 0 N–H and O–H groups in total. The minimum atomic E-state index is -0.0391. The van der Waals surface area contributed by atoms with Gasteiger partial charge < -0.3 is 14.7 Å². The van der Waals surface area contributed by atoms with E-state index in [0.29, 0.717) is 24.2 Å². The largest absolute Gasteiger partial charge is 0.341 e. The van der Waals surface area contributed by atoms with Gasteiger partial charge in [0.05, 0.1) is 5.56 Å². The molecule has 3 heterocycles. The molecule has 7 heteroatoms. The minimum absolute atomic E-state index is 0.00580. The molecule has 1 unspecified atom stereocenters. The average molecular weight is 369 g/mol. The molecule has 0 aliphatic carbocycles. The Morgan fingerprint density at radius 1 is 1.33 bits per heavy atom. The van der Waals surface area contributed by atoms with Crippen molar-refractivity contribution in [3.8, 4) is 6.07 Å². The van der Waals surface area contributed by atoms with E-state index in [2.05, 4.69) is 9.88 Å². The number of rotatable bonds is 4. The van der Waals surface area contributed by atoms with Crippen molar-refractivity contribution in [2.75, 3.05) is 46.8 Å². The first kappa shape index (κ1) is 19.3. The van der Waals surface area contributed by atoms with E-state index in [4.69, 9.17) is 5.26 Å². The van der Waals surface area contributed by atoms with Crippen LogP contribution in [0.3, 0.4) is 0 Å². The van der Waals surface area contributed by atoms with E-state index in [1.54, 1.807) is 12.1 Å². The zero-order chi connectivity index (χ0) is 19.4. The molecule has 2 aliphatic heterocycles. The molecule has 2 fully saturated rings. The summed E-state index contributed by atoms with van der Waals surface area (Å²) in [5, 5.41) is 8.86. The number of amides is 2. The van der Waals surface area contributed by atoms with Crippen molar-refractivity contribution < 1.29 is 9.59 Å². The SMILES string of the molecule is CN(C)CCN1CC2(CCCN(C(=O)c3ccc(C#N)nc3)C2)CCC1=O. The lowest BCUT2D eigenvalue weighted by molar-refractivity contribution is -0.139. The molecule has 144 valence electrons. The van der Waals surface area contributed by atoms with Crippen LogP contribution in [0.2, 0.25) is 0 Å². The van der Waals surface area contributed by atoms with E-state index < -0.39 is 0 Å². The number of nitriles is 1. The van der Waals surface area contributed by atoms with Gasteiger partial charge in [0.2, 0.25) is 5.91 Å². The second-order valence-corrected chi connectivity index (χ2v) is 7.99. The second-order valence-electron chi connectivity index (χ2n) is 7.99. The Bertz CT molecular complexity index is 740. The number of nitrogens with zero attached hydrogens (tertiary/aromatic N) is 5. The lowest BCUT2D eigenvalue weighted by Gasteiger charge is -2.48. The molecule has 1 aromatic heterocycles. The van der Waals surface area contributed by atoms with Gasteiger partial charge in [-0.2, -0.15) is 5.26 Å². The van der Waals surface area contributed by atoms with Crippen LogP contribution in [0, 0.1) is 16.7 Å². The normalized spacial score (nSPS) is 23.0. The summed E-state index contributed by atoms with van der Waals surface area (Å²) in [6, 6.07) is 5.22. The van der Waals surface area contributed by atoms with Gasteiger partial charge in [-0.15, -0.1) is 0 Å². The van der Waals surface area contributed by atoms with Crippen molar-refractivity contribution in [2.45, 2.75) is 25.7 Å². The van der Waals surface area contributed by atoms with Crippen LogP contribution in [0.4, 0.5) is 0 Å². The highest BCUT2D eigenvalue weighted by atomic mass is 16.2. The van der Waals surface area contributed by atoms with Crippen LogP contribution in [0.25, 0.3) is 0 Å². The topological polar surface area (TPSA) is 80.5 Å². The van der Waals surface area contributed by atoms with Crippen molar-refractivity contribution in [2.24, 2.45) is 5.41 Å². The number of hydrogen-bond acceptors (Lipinski definition) is 5. The van der Waals surface area contributed by atoms with E-state index in [1.807, 2.05) is 30.0 Å². The van der Waals surface area contributed by atoms with Crippen LogP contribution >= 0.6 is 0 Å². The monoisotopic (exact) mass is 369 g/mol. The van der Waals surface area contributed by atoms with Crippen molar-refractivity contribution in [1.82, 2.24) is 19.7 Å². The third kappa shape index (κ3) is 4.45. The number of aromatic nitrogens is 1. The summed E-state index contributed by atoms with van der Waals surface area (Å²) in [6.45, 7) is 3.72. The van der Waals surface area contributed by atoms with Crippen LogP contribution in [-0.2, 0) is 4.79 Å². The lowest BCUT2D eigenvalue weighted by atomic mass is 9.73. The molecule has 0 aromatic carbocycles.